The molecule has 1 unspecified atom stereocenters. The smallest absolute Gasteiger partial charge is 0.225 e. The van der Waals surface area contributed by atoms with Gasteiger partial charge in [0.25, 0.3) is 0 Å². The fraction of sp³-hybridized carbons (Fsp3) is 0.462. The van der Waals surface area contributed by atoms with Gasteiger partial charge in [-0.2, -0.15) is 11.8 Å². The third kappa shape index (κ3) is 6.52. The van der Waals surface area contributed by atoms with E-state index in [1.54, 1.807) is 30.0 Å². The van der Waals surface area contributed by atoms with Crippen molar-refractivity contribution in [3.63, 3.8) is 0 Å². The number of nitrogens with one attached hydrogen (secondary N) is 1. The number of anilines is 1. The summed E-state index contributed by atoms with van der Waals surface area (Å²) in [6.07, 6.45) is 1.40. The maximum Gasteiger partial charge on any atom is 0.225 e. The standard InChI is InChI=1S/C13H18Cl2N2OS/c1-9(16)5-7-19-8-6-12(18)17-13-10(14)3-2-4-11(13)15/h2-4,9H,5-8,16H2,1H3,(H,17,18). The molecule has 6 heteroatoms. The van der Waals surface area contributed by atoms with Crippen LogP contribution >= 0.6 is 35.0 Å². The minimum atomic E-state index is -0.0803. The summed E-state index contributed by atoms with van der Waals surface area (Å²) >= 11 is 13.7. The number of amides is 1. The van der Waals surface area contributed by atoms with Crippen LogP contribution in [0.1, 0.15) is 19.8 Å². The second-order valence-electron chi connectivity index (χ2n) is 4.27. The Kier molecular flexibility index (Phi) is 7.61. The van der Waals surface area contributed by atoms with Gasteiger partial charge in [0.05, 0.1) is 15.7 Å². The highest BCUT2D eigenvalue weighted by atomic mass is 35.5. The van der Waals surface area contributed by atoms with Gasteiger partial charge in [0.2, 0.25) is 5.91 Å². The van der Waals surface area contributed by atoms with E-state index in [0.29, 0.717) is 22.2 Å². The lowest BCUT2D eigenvalue weighted by atomic mass is 10.3. The van der Waals surface area contributed by atoms with E-state index in [9.17, 15) is 4.79 Å². The Morgan fingerprint density at radius 1 is 1.37 bits per heavy atom. The highest BCUT2D eigenvalue weighted by molar-refractivity contribution is 7.99. The van der Waals surface area contributed by atoms with Crippen molar-refractivity contribution >= 4 is 46.6 Å². The average Bonchev–Trinajstić information content (AvgIpc) is 2.33. The molecular weight excluding hydrogens is 303 g/mol. The lowest BCUT2D eigenvalue weighted by Gasteiger charge is -2.09. The summed E-state index contributed by atoms with van der Waals surface area (Å²) in [5, 5.41) is 3.64. The predicted octanol–water partition coefficient (Wildman–Crippen LogP) is 3.79. The zero-order valence-electron chi connectivity index (χ0n) is 10.8. The van der Waals surface area contributed by atoms with Crippen LogP contribution in [0.3, 0.4) is 0 Å². The van der Waals surface area contributed by atoms with Gasteiger partial charge in [-0.25, -0.2) is 0 Å². The molecule has 1 aromatic carbocycles. The molecule has 0 heterocycles. The number of benzene rings is 1. The van der Waals surface area contributed by atoms with Crippen molar-refractivity contribution in [2.24, 2.45) is 5.73 Å². The Bertz CT molecular complexity index is 407. The first kappa shape index (κ1) is 16.6. The van der Waals surface area contributed by atoms with Gasteiger partial charge in [-0.3, -0.25) is 4.79 Å². The molecule has 0 saturated carbocycles. The van der Waals surface area contributed by atoms with Gasteiger partial charge < -0.3 is 11.1 Å². The molecule has 1 aromatic rings. The summed E-state index contributed by atoms with van der Waals surface area (Å²) < 4.78 is 0. The van der Waals surface area contributed by atoms with E-state index in [4.69, 9.17) is 28.9 Å². The summed E-state index contributed by atoms with van der Waals surface area (Å²) in [5.74, 6) is 1.65. The second kappa shape index (κ2) is 8.69. The Balaban J connectivity index is 2.32. The van der Waals surface area contributed by atoms with Crippen molar-refractivity contribution in [1.29, 1.82) is 0 Å². The average molecular weight is 321 g/mol. The number of halogens is 2. The molecule has 0 aliphatic carbocycles. The van der Waals surface area contributed by atoms with E-state index in [0.717, 1.165) is 17.9 Å². The SMILES string of the molecule is CC(N)CCSCCC(=O)Nc1c(Cl)cccc1Cl. The second-order valence-corrected chi connectivity index (χ2v) is 6.31. The minimum absolute atomic E-state index is 0.0803. The van der Waals surface area contributed by atoms with E-state index in [2.05, 4.69) is 5.32 Å². The lowest BCUT2D eigenvalue weighted by molar-refractivity contribution is -0.115. The maximum absolute atomic E-state index is 11.7. The molecule has 3 N–H and O–H groups in total. The van der Waals surface area contributed by atoms with E-state index in [-0.39, 0.29) is 11.9 Å². The van der Waals surface area contributed by atoms with Crippen LogP contribution in [0.2, 0.25) is 10.0 Å². The number of hydrogen-bond acceptors (Lipinski definition) is 3. The fourth-order valence-electron chi connectivity index (χ4n) is 1.36. The molecule has 1 rings (SSSR count). The van der Waals surface area contributed by atoms with Crippen LogP contribution < -0.4 is 11.1 Å². The molecule has 1 amide bonds. The Morgan fingerprint density at radius 2 is 2.00 bits per heavy atom. The Hall–Kier alpha value is -0.420. The molecule has 0 fully saturated rings. The molecule has 0 aromatic heterocycles. The van der Waals surface area contributed by atoms with Gasteiger partial charge in [0.1, 0.15) is 0 Å². The van der Waals surface area contributed by atoms with Crippen molar-refractivity contribution in [3.05, 3.63) is 28.2 Å². The third-order valence-electron chi connectivity index (χ3n) is 2.42. The summed E-state index contributed by atoms with van der Waals surface area (Å²) in [5.41, 5.74) is 6.13. The van der Waals surface area contributed by atoms with Crippen LogP contribution in [0.5, 0.6) is 0 Å². The molecule has 1 atom stereocenters. The number of hydrogen-bond donors (Lipinski definition) is 2. The van der Waals surface area contributed by atoms with Gasteiger partial charge in [0.15, 0.2) is 0 Å². The molecular formula is C13H18Cl2N2OS. The minimum Gasteiger partial charge on any atom is -0.328 e. The first-order chi connectivity index (χ1) is 9.00. The van der Waals surface area contributed by atoms with Gasteiger partial charge in [-0.1, -0.05) is 29.3 Å². The number of nitrogens with two attached hydrogens (primary N) is 1. The molecule has 0 saturated heterocycles. The molecule has 19 heavy (non-hydrogen) atoms. The fourth-order valence-corrected chi connectivity index (χ4v) is 2.92. The maximum atomic E-state index is 11.7. The van der Waals surface area contributed by atoms with Crippen LogP contribution in [-0.4, -0.2) is 23.5 Å². The van der Waals surface area contributed by atoms with Crippen LogP contribution in [-0.2, 0) is 4.79 Å². The molecule has 0 aliphatic rings. The normalized spacial score (nSPS) is 12.2. The largest absolute Gasteiger partial charge is 0.328 e. The van der Waals surface area contributed by atoms with Crippen LogP contribution in [0.25, 0.3) is 0 Å². The molecule has 0 aliphatic heterocycles. The predicted molar refractivity (Wildman–Crippen MR) is 85.3 cm³/mol. The van der Waals surface area contributed by atoms with E-state index < -0.39 is 0 Å². The van der Waals surface area contributed by atoms with Gasteiger partial charge in [0, 0.05) is 18.2 Å². The number of para-hydroxylation sites is 1. The molecule has 0 spiro atoms. The first-order valence-corrected chi connectivity index (χ1v) is 7.99. The van der Waals surface area contributed by atoms with Gasteiger partial charge >= 0.3 is 0 Å². The zero-order chi connectivity index (χ0) is 14.3. The number of rotatable bonds is 7. The number of carbonyl (C=O) groups excluding carboxylic acids is 1. The highest BCUT2D eigenvalue weighted by Crippen LogP contribution is 2.29. The van der Waals surface area contributed by atoms with E-state index >= 15 is 0 Å². The zero-order valence-corrected chi connectivity index (χ0v) is 13.1. The lowest BCUT2D eigenvalue weighted by Crippen LogP contribution is -2.16. The van der Waals surface area contributed by atoms with Crippen molar-refractivity contribution in [3.8, 4) is 0 Å². The van der Waals surface area contributed by atoms with Gasteiger partial charge in [-0.05, 0) is 31.2 Å². The topological polar surface area (TPSA) is 55.1 Å². The summed E-state index contributed by atoms with van der Waals surface area (Å²) in [6, 6.07) is 5.34. The highest BCUT2D eigenvalue weighted by Gasteiger charge is 2.09. The number of thioether (sulfide) groups is 1. The van der Waals surface area contributed by atoms with E-state index in [1.165, 1.54) is 0 Å². The van der Waals surface area contributed by atoms with Crippen molar-refractivity contribution in [1.82, 2.24) is 0 Å². The van der Waals surface area contributed by atoms with Crippen molar-refractivity contribution < 1.29 is 4.79 Å². The monoisotopic (exact) mass is 320 g/mol. The van der Waals surface area contributed by atoms with Gasteiger partial charge in [-0.15, -0.1) is 0 Å². The molecule has 3 nitrogen and oxygen atoms in total. The summed E-state index contributed by atoms with van der Waals surface area (Å²) in [7, 11) is 0. The quantitative estimate of drug-likeness (QED) is 0.751. The Labute approximate surface area is 128 Å². The molecule has 0 radical (unpaired) electrons. The van der Waals surface area contributed by atoms with Crippen LogP contribution in [0, 0.1) is 0 Å². The first-order valence-electron chi connectivity index (χ1n) is 6.08. The summed E-state index contributed by atoms with van der Waals surface area (Å²) in [4.78, 5) is 11.7. The summed E-state index contributed by atoms with van der Waals surface area (Å²) in [6.45, 7) is 1.98. The van der Waals surface area contributed by atoms with Crippen molar-refractivity contribution in [2.75, 3.05) is 16.8 Å². The van der Waals surface area contributed by atoms with Crippen LogP contribution in [0.4, 0.5) is 5.69 Å². The third-order valence-corrected chi connectivity index (χ3v) is 4.07. The van der Waals surface area contributed by atoms with E-state index in [1.807, 2.05) is 6.92 Å². The molecule has 0 bridgehead atoms. The van der Waals surface area contributed by atoms with Crippen LogP contribution in [0.15, 0.2) is 18.2 Å². The Morgan fingerprint density at radius 3 is 2.58 bits per heavy atom. The molecule has 106 valence electrons. The van der Waals surface area contributed by atoms with Crippen molar-refractivity contribution in [2.45, 2.75) is 25.8 Å². The number of carbonyl (C=O) groups is 1.